The molecule has 0 spiro atoms. The number of carbonyl (C=O) groups is 1. The molecule has 2 aliphatic carbocycles. The minimum Gasteiger partial charge on any atom is -0.469 e. The summed E-state index contributed by atoms with van der Waals surface area (Å²) in [6, 6.07) is 12.6. The second-order valence-corrected chi connectivity index (χ2v) is 8.15. The van der Waals surface area contributed by atoms with Gasteiger partial charge in [-0.25, -0.2) is 4.39 Å². The van der Waals surface area contributed by atoms with E-state index in [4.69, 9.17) is 4.74 Å². The van der Waals surface area contributed by atoms with Crippen LogP contribution in [-0.2, 0) is 16.0 Å². The van der Waals surface area contributed by atoms with Gasteiger partial charge in [-0.2, -0.15) is 0 Å². The monoisotopic (exact) mass is 365 g/mol. The lowest BCUT2D eigenvalue weighted by Crippen LogP contribution is -2.51. The van der Waals surface area contributed by atoms with Crippen molar-refractivity contribution in [2.75, 3.05) is 20.2 Å². The van der Waals surface area contributed by atoms with Crippen LogP contribution in [0, 0.1) is 11.7 Å². The fourth-order valence-corrected chi connectivity index (χ4v) is 4.67. The number of ether oxygens (including phenoxy) is 1. The summed E-state index contributed by atoms with van der Waals surface area (Å²) in [6.45, 7) is 1.57. The second-order valence-electron chi connectivity index (χ2n) is 8.15. The molecule has 5 rings (SSSR count). The van der Waals surface area contributed by atoms with Crippen LogP contribution in [0.25, 0.3) is 11.1 Å². The third-order valence-electron chi connectivity index (χ3n) is 6.43. The van der Waals surface area contributed by atoms with Crippen molar-refractivity contribution in [1.82, 2.24) is 4.90 Å². The molecule has 2 aromatic carbocycles. The summed E-state index contributed by atoms with van der Waals surface area (Å²) in [5.74, 6) is 0.288. The molecule has 0 radical (unpaired) electrons. The Labute approximate surface area is 159 Å². The lowest BCUT2D eigenvalue weighted by Gasteiger charge is -2.42. The average molecular weight is 365 g/mol. The van der Waals surface area contributed by atoms with Crippen molar-refractivity contribution >= 4 is 5.97 Å². The molecule has 4 heteroatoms. The molecule has 0 amide bonds. The van der Waals surface area contributed by atoms with E-state index in [2.05, 4.69) is 29.2 Å². The van der Waals surface area contributed by atoms with Crippen LogP contribution in [0.3, 0.4) is 0 Å². The molecular formula is C23H24FNO2. The van der Waals surface area contributed by atoms with Crippen LogP contribution in [0.15, 0.2) is 36.4 Å². The third-order valence-corrected chi connectivity index (χ3v) is 6.43. The molecule has 2 fully saturated rings. The van der Waals surface area contributed by atoms with Gasteiger partial charge in [0.05, 0.1) is 13.0 Å². The number of hydrogen-bond acceptors (Lipinski definition) is 3. The number of likely N-dealkylation sites (tertiary alicyclic amines) is 1. The second kappa shape index (κ2) is 6.45. The van der Waals surface area contributed by atoms with Crippen LogP contribution < -0.4 is 0 Å². The van der Waals surface area contributed by atoms with Gasteiger partial charge in [0.1, 0.15) is 5.82 Å². The Hall–Kier alpha value is -2.20. The normalized spacial score (nSPS) is 22.4. The summed E-state index contributed by atoms with van der Waals surface area (Å²) in [5, 5.41) is 0. The van der Waals surface area contributed by atoms with Gasteiger partial charge >= 0.3 is 5.97 Å². The van der Waals surface area contributed by atoms with E-state index in [1.54, 1.807) is 6.07 Å². The number of methoxy groups -OCH3 is 1. The number of nitrogens with zero attached hydrogens (tertiary/aromatic N) is 1. The van der Waals surface area contributed by atoms with E-state index < -0.39 is 0 Å². The first-order valence-corrected chi connectivity index (χ1v) is 9.88. The zero-order valence-electron chi connectivity index (χ0n) is 15.6. The fourth-order valence-electron chi connectivity index (χ4n) is 4.67. The summed E-state index contributed by atoms with van der Waals surface area (Å²) in [7, 11) is 1.46. The van der Waals surface area contributed by atoms with Crippen LogP contribution in [0.2, 0.25) is 0 Å². The Bertz CT molecular complexity index is 899. The maximum atomic E-state index is 14.4. The summed E-state index contributed by atoms with van der Waals surface area (Å²) >= 11 is 0. The number of rotatable bonds is 4. The molecule has 1 atom stereocenters. The van der Waals surface area contributed by atoms with Gasteiger partial charge in [-0.05, 0) is 65.5 Å². The number of aryl methyl sites for hydroxylation is 1. The first-order chi connectivity index (χ1) is 13.1. The van der Waals surface area contributed by atoms with Crippen molar-refractivity contribution in [2.24, 2.45) is 5.92 Å². The highest BCUT2D eigenvalue weighted by Gasteiger charge is 2.40. The predicted molar refractivity (Wildman–Crippen MR) is 102 cm³/mol. The summed E-state index contributed by atoms with van der Waals surface area (Å²) < 4.78 is 19.2. The number of fused-ring (bicyclic) bond motifs is 1. The fraction of sp³-hybridized carbons (Fsp3) is 0.435. The van der Waals surface area contributed by atoms with Gasteiger partial charge in [0.15, 0.2) is 0 Å². The van der Waals surface area contributed by atoms with Crippen LogP contribution in [-0.4, -0.2) is 31.1 Å². The van der Waals surface area contributed by atoms with Gasteiger partial charge in [0, 0.05) is 19.1 Å². The Morgan fingerprint density at radius 2 is 1.74 bits per heavy atom. The molecule has 3 aliphatic rings. The highest BCUT2D eigenvalue weighted by atomic mass is 19.1. The quantitative estimate of drug-likeness (QED) is 0.749. The number of carbonyl (C=O) groups excluding carboxylic acids is 1. The van der Waals surface area contributed by atoms with Gasteiger partial charge in [0.25, 0.3) is 0 Å². The third kappa shape index (κ3) is 2.96. The summed E-state index contributed by atoms with van der Waals surface area (Å²) in [4.78, 5) is 14.0. The van der Waals surface area contributed by atoms with Crippen LogP contribution >= 0.6 is 0 Å². The van der Waals surface area contributed by atoms with E-state index in [-0.39, 0.29) is 17.7 Å². The van der Waals surface area contributed by atoms with Crippen molar-refractivity contribution in [1.29, 1.82) is 0 Å². The lowest BCUT2D eigenvalue weighted by atomic mass is 9.94. The molecule has 1 saturated carbocycles. The van der Waals surface area contributed by atoms with E-state index in [1.165, 1.54) is 18.2 Å². The highest BCUT2D eigenvalue weighted by Crippen LogP contribution is 2.43. The zero-order valence-corrected chi connectivity index (χ0v) is 15.6. The molecule has 1 aliphatic heterocycles. The molecule has 1 heterocycles. The molecule has 0 aromatic heterocycles. The summed E-state index contributed by atoms with van der Waals surface area (Å²) in [5.41, 5.74) is 5.63. The molecule has 3 nitrogen and oxygen atoms in total. The highest BCUT2D eigenvalue weighted by molar-refractivity contribution is 5.74. The molecule has 0 N–H and O–H groups in total. The Morgan fingerprint density at radius 1 is 1.04 bits per heavy atom. The Kier molecular flexibility index (Phi) is 4.05. The smallest absolute Gasteiger partial charge is 0.311 e. The minimum absolute atomic E-state index is 0.0197. The van der Waals surface area contributed by atoms with Crippen molar-refractivity contribution in [2.45, 2.75) is 37.6 Å². The maximum Gasteiger partial charge on any atom is 0.311 e. The van der Waals surface area contributed by atoms with E-state index in [0.717, 1.165) is 55.5 Å². The van der Waals surface area contributed by atoms with Gasteiger partial charge in [-0.1, -0.05) is 30.3 Å². The molecular weight excluding hydrogens is 341 g/mol. The van der Waals surface area contributed by atoms with Crippen LogP contribution in [0.5, 0.6) is 0 Å². The van der Waals surface area contributed by atoms with Gasteiger partial charge in [-0.15, -0.1) is 0 Å². The van der Waals surface area contributed by atoms with Crippen LogP contribution in [0.1, 0.15) is 47.9 Å². The number of esters is 1. The number of halogens is 1. The molecule has 2 aromatic rings. The van der Waals surface area contributed by atoms with Gasteiger partial charge < -0.3 is 4.74 Å². The maximum absolute atomic E-state index is 14.4. The predicted octanol–water partition coefficient (Wildman–Crippen LogP) is 4.46. The molecule has 27 heavy (non-hydrogen) atoms. The Balaban J connectivity index is 1.34. The van der Waals surface area contributed by atoms with Gasteiger partial charge in [-0.3, -0.25) is 9.69 Å². The number of benzene rings is 2. The SMILES string of the molecule is COC(=O)C1CN(C2CCc3cc(-c4ccc(C5CC5)c(F)c4)ccc32)C1. The van der Waals surface area contributed by atoms with Crippen molar-refractivity contribution in [3.8, 4) is 11.1 Å². The largest absolute Gasteiger partial charge is 0.469 e. The standard InChI is InChI=1S/C23H24FNO2/c1-27-23(26)18-12-25(13-18)22-9-6-17-10-15(5-8-20(17)22)16-4-7-19(14-2-3-14)21(24)11-16/h4-5,7-8,10-11,14,18,22H,2-3,6,9,12-13H2,1H3. The Morgan fingerprint density at radius 3 is 2.41 bits per heavy atom. The first-order valence-electron chi connectivity index (χ1n) is 9.88. The van der Waals surface area contributed by atoms with Crippen LogP contribution in [0.4, 0.5) is 4.39 Å². The number of hydrogen-bond donors (Lipinski definition) is 0. The van der Waals surface area contributed by atoms with Crippen molar-refractivity contribution in [3.05, 3.63) is 58.9 Å². The molecule has 1 saturated heterocycles. The first kappa shape index (κ1) is 16.9. The average Bonchev–Trinajstić information content (AvgIpc) is 3.40. The van der Waals surface area contributed by atoms with E-state index in [1.807, 2.05) is 6.07 Å². The molecule has 140 valence electrons. The van der Waals surface area contributed by atoms with E-state index >= 15 is 0 Å². The van der Waals surface area contributed by atoms with Crippen molar-refractivity contribution in [3.63, 3.8) is 0 Å². The molecule has 1 unspecified atom stereocenters. The minimum atomic E-state index is -0.100. The van der Waals surface area contributed by atoms with E-state index in [0.29, 0.717) is 12.0 Å². The molecule has 0 bridgehead atoms. The lowest BCUT2D eigenvalue weighted by molar-refractivity contribution is -0.152. The summed E-state index contributed by atoms with van der Waals surface area (Å²) in [6.07, 6.45) is 4.35. The van der Waals surface area contributed by atoms with Crippen molar-refractivity contribution < 1.29 is 13.9 Å². The van der Waals surface area contributed by atoms with Gasteiger partial charge in [0.2, 0.25) is 0 Å². The zero-order chi connectivity index (χ0) is 18.5. The van der Waals surface area contributed by atoms with E-state index in [9.17, 15) is 9.18 Å². The topological polar surface area (TPSA) is 29.5 Å².